The molecule has 1 heterocycles. The summed E-state index contributed by atoms with van der Waals surface area (Å²) in [6.07, 6.45) is 1.53. The minimum absolute atomic E-state index is 0.248. The van der Waals surface area contributed by atoms with Crippen molar-refractivity contribution >= 4 is 16.6 Å². The molecule has 3 rings (SSSR count). The number of benzene rings is 1. The molecule has 2 aromatic rings. The monoisotopic (exact) mass is 360 g/mol. The fourth-order valence-electron chi connectivity index (χ4n) is 2.93. The van der Waals surface area contributed by atoms with Crippen molar-refractivity contribution in [3.8, 4) is 5.75 Å². The van der Waals surface area contributed by atoms with E-state index >= 15 is 0 Å². The maximum Gasteiger partial charge on any atom is 0.387 e. The number of aryl methyl sites for hydroxylation is 1. The van der Waals surface area contributed by atoms with Crippen LogP contribution in [0.2, 0.25) is 0 Å². The van der Waals surface area contributed by atoms with E-state index in [1.165, 1.54) is 4.57 Å². The lowest BCUT2D eigenvalue weighted by atomic mass is 10.1. The van der Waals surface area contributed by atoms with Gasteiger partial charge in [-0.05, 0) is 19.3 Å². The lowest BCUT2D eigenvalue weighted by molar-refractivity contribution is -0.386. The molecule has 1 aromatic carbocycles. The molecule has 1 saturated carbocycles. The molecule has 0 saturated heterocycles. The number of rotatable bonds is 5. The lowest BCUT2D eigenvalue weighted by Gasteiger charge is -2.19. The first kappa shape index (κ1) is 17.2. The Bertz CT molecular complexity index is 938. The second kappa shape index (κ2) is 6.01. The van der Waals surface area contributed by atoms with Crippen molar-refractivity contribution in [1.29, 1.82) is 0 Å². The number of ether oxygens (including phenoxy) is 1. The van der Waals surface area contributed by atoms with Gasteiger partial charge in [-0.15, -0.1) is 0 Å². The van der Waals surface area contributed by atoms with E-state index in [4.69, 9.17) is 0 Å². The van der Waals surface area contributed by atoms with Gasteiger partial charge in [0.15, 0.2) is 11.2 Å². The summed E-state index contributed by atoms with van der Waals surface area (Å²) in [7, 11) is 0. The van der Waals surface area contributed by atoms with Gasteiger partial charge in [0.05, 0.1) is 4.92 Å². The van der Waals surface area contributed by atoms with Crippen LogP contribution in [0.15, 0.2) is 10.9 Å². The van der Waals surface area contributed by atoms with Gasteiger partial charge in [-0.25, -0.2) is 0 Å². The van der Waals surface area contributed by atoms with E-state index in [1.54, 1.807) is 6.92 Å². The maximum atomic E-state index is 14.3. The van der Waals surface area contributed by atoms with Crippen LogP contribution in [0.3, 0.4) is 0 Å². The average Bonchev–Trinajstić information content (AvgIpc) is 3.36. The fourth-order valence-corrected chi connectivity index (χ4v) is 2.93. The highest BCUT2D eigenvalue weighted by Crippen LogP contribution is 2.44. The van der Waals surface area contributed by atoms with Crippen LogP contribution >= 0.6 is 0 Å². The fraction of sp³-hybridized carbons (Fsp3) is 0.400. The van der Waals surface area contributed by atoms with Crippen LogP contribution in [0, 0.1) is 21.7 Å². The number of nitro groups is 1. The molecule has 134 valence electrons. The molecule has 10 heteroatoms. The Balaban J connectivity index is 2.58. The molecule has 1 aromatic heterocycles. The Kier molecular flexibility index (Phi) is 4.13. The smallest absolute Gasteiger partial charge is 0.387 e. The van der Waals surface area contributed by atoms with Gasteiger partial charge in [-0.1, -0.05) is 6.92 Å². The van der Waals surface area contributed by atoms with E-state index < -0.39 is 50.9 Å². The lowest BCUT2D eigenvalue weighted by Crippen LogP contribution is -2.18. The summed E-state index contributed by atoms with van der Waals surface area (Å²) in [4.78, 5) is 22.3. The van der Waals surface area contributed by atoms with Crippen LogP contribution in [-0.2, 0) is 6.42 Å². The number of nitro benzene ring substituents is 1. The molecule has 1 aliphatic carbocycles. The molecule has 25 heavy (non-hydrogen) atoms. The van der Waals surface area contributed by atoms with Crippen LogP contribution in [0.25, 0.3) is 10.9 Å². The normalized spacial score (nSPS) is 14.3. The summed E-state index contributed by atoms with van der Waals surface area (Å²) in [5.74, 6) is -5.11. The summed E-state index contributed by atoms with van der Waals surface area (Å²) in [5.41, 5.74) is -2.46. The first-order valence-corrected chi connectivity index (χ1v) is 7.46. The highest BCUT2D eigenvalue weighted by Gasteiger charge is 2.36. The number of fused-ring (bicyclic) bond motifs is 1. The highest BCUT2D eigenvalue weighted by molar-refractivity contribution is 5.93. The molecular weight excluding hydrogens is 348 g/mol. The zero-order valence-corrected chi connectivity index (χ0v) is 12.9. The summed E-state index contributed by atoms with van der Waals surface area (Å²) in [5, 5.41) is 10.4. The quantitative estimate of drug-likeness (QED) is 0.463. The molecule has 0 unspecified atom stereocenters. The maximum absolute atomic E-state index is 14.3. The molecule has 0 radical (unpaired) electrons. The van der Waals surface area contributed by atoms with Gasteiger partial charge in [0.1, 0.15) is 10.9 Å². The van der Waals surface area contributed by atoms with Crippen molar-refractivity contribution < 1.29 is 27.2 Å². The van der Waals surface area contributed by atoms with Crippen molar-refractivity contribution in [1.82, 2.24) is 4.57 Å². The van der Waals surface area contributed by atoms with E-state index in [0.29, 0.717) is 25.0 Å². The van der Waals surface area contributed by atoms with Crippen molar-refractivity contribution in [2.75, 3.05) is 0 Å². The first-order chi connectivity index (χ1) is 11.8. The third-order valence-electron chi connectivity index (χ3n) is 4.05. The second-order valence-electron chi connectivity index (χ2n) is 5.62. The molecular formula is C15H12F4N2O4. The predicted molar refractivity (Wildman–Crippen MR) is 79.1 cm³/mol. The standard InChI is InChI=1S/C15H12F4N2O4/c1-2-6-5-8(22)9-12(21(23)24)10(16)11(17)14(25-15(18)19)13(9)20(6)7-3-4-7/h5,7,15H,2-4H2,1H3. The third-order valence-corrected chi connectivity index (χ3v) is 4.05. The Morgan fingerprint density at radius 1 is 1.36 bits per heavy atom. The van der Waals surface area contributed by atoms with Gasteiger partial charge >= 0.3 is 12.3 Å². The van der Waals surface area contributed by atoms with Crippen LogP contribution in [0.1, 0.15) is 31.5 Å². The summed E-state index contributed by atoms with van der Waals surface area (Å²) >= 11 is 0. The van der Waals surface area contributed by atoms with Gasteiger partial charge in [-0.2, -0.15) is 17.6 Å². The average molecular weight is 360 g/mol. The minimum Gasteiger partial charge on any atom is -0.429 e. The van der Waals surface area contributed by atoms with Crippen molar-refractivity contribution in [2.45, 2.75) is 38.8 Å². The molecule has 0 aliphatic heterocycles. The SMILES string of the molecule is CCc1cc(=O)c2c([N+](=O)[O-])c(F)c(F)c(OC(F)F)c2n1C1CC1. The number of pyridine rings is 1. The van der Waals surface area contributed by atoms with Crippen LogP contribution in [0.5, 0.6) is 5.75 Å². The number of hydrogen-bond donors (Lipinski definition) is 0. The number of alkyl halides is 2. The Labute approximate surface area is 137 Å². The molecule has 0 spiro atoms. The third kappa shape index (κ3) is 2.71. The van der Waals surface area contributed by atoms with Crippen molar-refractivity contribution in [3.63, 3.8) is 0 Å². The van der Waals surface area contributed by atoms with Gasteiger partial charge in [0, 0.05) is 17.8 Å². The summed E-state index contributed by atoms with van der Waals surface area (Å²) in [6.45, 7) is -1.81. The zero-order valence-electron chi connectivity index (χ0n) is 12.9. The van der Waals surface area contributed by atoms with Gasteiger partial charge in [-0.3, -0.25) is 14.9 Å². The number of aromatic nitrogens is 1. The first-order valence-electron chi connectivity index (χ1n) is 7.46. The zero-order chi connectivity index (χ0) is 18.5. The Morgan fingerprint density at radius 2 is 2.00 bits per heavy atom. The number of hydrogen-bond acceptors (Lipinski definition) is 4. The van der Waals surface area contributed by atoms with Gasteiger partial charge in [0.2, 0.25) is 11.6 Å². The topological polar surface area (TPSA) is 74.4 Å². The number of nitrogens with zero attached hydrogens (tertiary/aromatic N) is 2. The van der Waals surface area contributed by atoms with Crippen LogP contribution in [0.4, 0.5) is 23.2 Å². The molecule has 0 N–H and O–H groups in total. The molecule has 0 atom stereocenters. The van der Waals surface area contributed by atoms with Crippen molar-refractivity contribution in [3.05, 3.63) is 43.7 Å². The van der Waals surface area contributed by atoms with E-state index in [0.717, 1.165) is 6.07 Å². The predicted octanol–water partition coefficient (Wildman–Crippen LogP) is 3.69. The van der Waals surface area contributed by atoms with Crippen molar-refractivity contribution in [2.24, 2.45) is 0 Å². The Hall–Kier alpha value is -2.65. The summed E-state index contributed by atoms with van der Waals surface area (Å²) < 4.78 is 59.3. The van der Waals surface area contributed by atoms with E-state index in [1.807, 2.05) is 0 Å². The molecule has 6 nitrogen and oxygen atoms in total. The minimum atomic E-state index is -3.49. The largest absolute Gasteiger partial charge is 0.429 e. The van der Waals surface area contributed by atoms with E-state index in [-0.39, 0.29) is 6.04 Å². The molecule has 1 aliphatic rings. The van der Waals surface area contributed by atoms with Gasteiger partial charge < -0.3 is 9.30 Å². The Morgan fingerprint density at radius 3 is 2.48 bits per heavy atom. The van der Waals surface area contributed by atoms with Crippen LogP contribution in [-0.4, -0.2) is 16.1 Å². The van der Waals surface area contributed by atoms with Crippen LogP contribution < -0.4 is 10.2 Å². The molecule has 1 fully saturated rings. The van der Waals surface area contributed by atoms with E-state index in [9.17, 15) is 32.5 Å². The number of halogens is 4. The second-order valence-corrected chi connectivity index (χ2v) is 5.62. The molecule has 0 bridgehead atoms. The summed E-state index contributed by atoms with van der Waals surface area (Å²) in [6, 6.07) is 0.833. The highest BCUT2D eigenvalue weighted by atomic mass is 19.3. The van der Waals surface area contributed by atoms with Gasteiger partial charge in [0.25, 0.3) is 0 Å². The molecule has 0 amide bonds. The van der Waals surface area contributed by atoms with E-state index in [2.05, 4.69) is 4.74 Å².